The third-order valence-electron chi connectivity index (χ3n) is 5.66. The molecule has 2 aliphatic rings. The van der Waals surface area contributed by atoms with Gasteiger partial charge in [0.1, 0.15) is 5.69 Å². The zero-order chi connectivity index (χ0) is 17.3. The summed E-state index contributed by atoms with van der Waals surface area (Å²) in [4.78, 5) is 15.0. The van der Waals surface area contributed by atoms with Gasteiger partial charge in [0.05, 0.1) is 5.69 Å². The molecule has 2 heterocycles. The molecular weight excluding hydrogens is 310 g/mol. The molecular formula is C21H25N3O. The van der Waals surface area contributed by atoms with E-state index in [1.807, 2.05) is 23.1 Å². The molecule has 1 saturated heterocycles. The minimum Gasteiger partial charge on any atom is -0.337 e. The maximum Gasteiger partial charge on any atom is 0.271 e. The van der Waals surface area contributed by atoms with Gasteiger partial charge in [0, 0.05) is 18.7 Å². The van der Waals surface area contributed by atoms with Crippen LogP contribution in [0.1, 0.15) is 48.2 Å². The number of aromatic amines is 1. The van der Waals surface area contributed by atoms with Crippen LogP contribution in [0.2, 0.25) is 0 Å². The number of nitrogens with zero attached hydrogens (tertiary/aromatic N) is 2. The summed E-state index contributed by atoms with van der Waals surface area (Å²) in [5.74, 6) is 0.0829. The summed E-state index contributed by atoms with van der Waals surface area (Å²) in [6.07, 6.45) is 10.3. The SMILES string of the molecule is Cc1ccc(-c2cc(C(=O)N3CCC[C@]4(CC=CCC4)C3)[nH]n2)cc1. The fraction of sp³-hybridized carbons (Fsp3) is 0.429. The number of rotatable bonds is 2. The molecule has 1 aromatic carbocycles. The fourth-order valence-corrected chi connectivity index (χ4v) is 4.17. The number of likely N-dealkylation sites (tertiary alicyclic amines) is 1. The van der Waals surface area contributed by atoms with Crippen LogP contribution in [-0.4, -0.2) is 34.1 Å². The normalized spacial score (nSPS) is 23.2. The van der Waals surface area contributed by atoms with E-state index in [-0.39, 0.29) is 5.91 Å². The number of allylic oxidation sites excluding steroid dienone is 2. The van der Waals surface area contributed by atoms with Crippen LogP contribution in [0, 0.1) is 12.3 Å². The Hall–Kier alpha value is -2.36. The first-order valence-corrected chi connectivity index (χ1v) is 9.22. The lowest BCUT2D eigenvalue weighted by molar-refractivity contribution is 0.0479. The van der Waals surface area contributed by atoms with E-state index >= 15 is 0 Å². The van der Waals surface area contributed by atoms with E-state index in [1.165, 1.54) is 18.4 Å². The molecule has 1 aliphatic heterocycles. The Morgan fingerprint density at radius 3 is 2.80 bits per heavy atom. The largest absolute Gasteiger partial charge is 0.337 e. The van der Waals surface area contributed by atoms with Gasteiger partial charge in [-0.05, 0) is 50.5 Å². The molecule has 1 fully saturated rings. The van der Waals surface area contributed by atoms with Crippen LogP contribution in [0.5, 0.6) is 0 Å². The Morgan fingerprint density at radius 1 is 1.20 bits per heavy atom. The minimum atomic E-state index is 0.0829. The Bertz CT molecular complexity index is 790. The van der Waals surface area contributed by atoms with Crippen molar-refractivity contribution in [3.05, 3.63) is 53.7 Å². The standard InChI is InChI=1S/C21H25N3O/c1-16-6-8-17(9-7-16)18-14-19(23-22-18)20(25)24-13-5-12-21(15-24)10-3-2-4-11-21/h2-3,6-9,14H,4-5,10-13,15H2,1H3,(H,22,23)/t21-/m1/s1. The molecule has 0 unspecified atom stereocenters. The second-order valence-electron chi connectivity index (χ2n) is 7.58. The first kappa shape index (κ1) is 16.1. The quantitative estimate of drug-likeness (QED) is 0.830. The molecule has 4 nitrogen and oxygen atoms in total. The highest BCUT2D eigenvalue weighted by molar-refractivity contribution is 5.93. The summed E-state index contributed by atoms with van der Waals surface area (Å²) in [5.41, 5.74) is 3.97. The summed E-state index contributed by atoms with van der Waals surface area (Å²) in [7, 11) is 0. The Balaban J connectivity index is 1.51. The van der Waals surface area contributed by atoms with E-state index in [9.17, 15) is 4.79 Å². The molecule has 1 spiro atoms. The van der Waals surface area contributed by atoms with Gasteiger partial charge >= 0.3 is 0 Å². The number of piperidine rings is 1. The molecule has 1 amide bonds. The van der Waals surface area contributed by atoms with Crippen LogP contribution < -0.4 is 0 Å². The first-order chi connectivity index (χ1) is 12.2. The highest BCUT2D eigenvalue weighted by Crippen LogP contribution is 2.41. The van der Waals surface area contributed by atoms with Crippen LogP contribution in [0.3, 0.4) is 0 Å². The van der Waals surface area contributed by atoms with E-state index in [2.05, 4.69) is 41.4 Å². The number of aryl methyl sites for hydroxylation is 1. The number of amides is 1. The molecule has 4 rings (SSSR count). The summed E-state index contributed by atoms with van der Waals surface area (Å²) in [6.45, 7) is 3.79. The van der Waals surface area contributed by atoms with Gasteiger partial charge in [0.25, 0.3) is 5.91 Å². The molecule has 4 heteroatoms. The highest BCUT2D eigenvalue weighted by Gasteiger charge is 2.37. The highest BCUT2D eigenvalue weighted by atomic mass is 16.2. The molecule has 1 aromatic heterocycles. The van der Waals surface area contributed by atoms with Gasteiger partial charge in [0.15, 0.2) is 0 Å². The Morgan fingerprint density at radius 2 is 2.04 bits per heavy atom. The summed E-state index contributed by atoms with van der Waals surface area (Å²) in [6, 6.07) is 10.1. The monoisotopic (exact) mass is 335 g/mol. The molecule has 130 valence electrons. The number of hydrogen-bond acceptors (Lipinski definition) is 2. The van der Waals surface area contributed by atoms with E-state index in [0.29, 0.717) is 11.1 Å². The second kappa shape index (κ2) is 6.51. The zero-order valence-electron chi connectivity index (χ0n) is 14.8. The number of nitrogens with one attached hydrogen (secondary N) is 1. The molecule has 0 bridgehead atoms. The number of carbonyl (C=O) groups is 1. The smallest absolute Gasteiger partial charge is 0.271 e. The van der Waals surface area contributed by atoms with Gasteiger partial charge in [0.2, 0.25) is 0 Å². The van der Waals surface area contributed by atoms with Crippen molar-refractivity contribution in [2.75, 3.05) is 13.1 Å². The van der Waals surface area contributed by atoms with E-state index in [1.54, 1.807) is 0 Å². The lowest BCUT2D eigenvalue weighted by atomic mass is 9.71. The van der Waals surface area contributed by atoms with Crippen LogP contribution in [0.4, 0.5) is 0 Å². The van der Waals surface area contributed by atoms with Crippen LogP contribution in [-0.2, 0) is 0 Å². The maximum atomic E-state index is 13.0. The number of benzene rings is 1. The van der Waals surface area contributed by atoms with Gasteiger partial charge < -0.3 is 4.90 Å². The zero-order valence-corrected chi connectivity index (χ0v) is 14.8. The van der Waals surface area contributed by atoms with Gasteiger partial charge in [-0.3, -0.25) is 9.89 Å². The van der Waals surface area contributed by atoms with Crippen molar-refractivity contribution in [1.29, 1.82) is 0 Å². The van der Waals surface area contributed by atoms with E-state index < -0.39 is 0 Å². The third-order valence-corrected chi connectivity index (χ3v) is 5.66. The van der Waals surface area contributed by atoms with Gasteiger partial charge in [-0.25, -0.2) is 0 Å². The molecule has 1 N–H and O–H groups in total. The van der Waals surface area contributed by atoms with Crippen LogP contribution >= 0.6 is 0 Å². The Kier molecular flexibility index (Phi) is 4.20. The van der Waals surface area contributed by atoms with Crippen LogP contribution in [0.15, 0.2) is 42.5 Å². The molecule has 0 saturated carbocycles. The molecule has 25 heavy (non-hydrogen) atoms. The van der Waals surface area contributed by atoms with Crippen molar-refractivity contribution in [1.82, 2.24) is 15.1 Å². The first-order valence-electron chi connectivity index (χ1n) is 9.22. The van der Waals surface area contributed by atoms with Gasteiger partial charge in [-0.1, -0.05) is 42.0 Å². The summed E-state index contributed by atoms with van der Waals surface area (Å²) < 4.78 is 0. The fourth-order valence-electron chi connectivity index (χ4n) is 4.17. The lowest BCUT2D eigenvalue weighted by Gasteiger charge is -2.43. The Labute approximate surface area is 148 Å². The predicted octanol–water partition coefficient (Wildman–Crippen LogP) is 4.35. The van der Waals surface area contributed by atoms with Crippen molar-refractivity contribution in [2.24, 2.45) is 5.41 Å². The van der Waals surface area contributed by atoms with Crippen molar-refractivity contribution < 1.29 is 4.79 Å². The van der Waals surface area contributed by atoms with E-state index in [0.717, 1.165) is 43.6 Å². The number of hydrogen-bond donors (Lipinski definition) is 1. The van der Waals surface area contributed by atoms with Gasteiger partial charge in [-0.2, -0.15) is 5.10 Å². The average molecular weight is 335 g/mol. The maximum absolute atomic E-state index is 13.0. The summed E-state index contributed by atoms with van der Waals surface area (Å²) in [5, 5.41) is 7.30. The average Bonchev–Trinajstić information content (AvgIpc) is 3.12. The molecule has 1 aliphatic carbocycles. The second-order valence-corrected chi connectivity index (χ2v) is 7.58. The minimum absolute atomic E-state index is 0.0829. The third kappa shape index (κ3) is 3.26. The predicted molar refractivity (Wildman–Crippen MR) is 99.3 cm³/mol. The number of carbonyl (C=O) groups excluding carboxylic acids is 1. The van der Waals surface area contributed by atoms with Crippen LogP contribution in [0.25, 0.3) is 11.3 Å². The topological polar surface area (TPSA) is 49.0 Å². The lowest BCUT2D eigenvalue weighted by Crippen LogP contribution is -2.46. The molecule has 1 atom stereocenters. The number of H-pyrrole nitrogens is 1. The van der Waals surface area contributed by atoms with Crippen molar-refractivity contribution in [2.45, 2.75) is 39.0 Å². The van der Waals surface area contributed by atoms with Gasteiger partial charge in [-0.15, -0.1) is 0 Å². The summed E-state index contributed by atoms with van der Waals surface area (Å²) >= 11 is 0. The van der Waals surface area contributed by atoms with Crippen molar-refractivity contribution in [3.63, 3.8) is 0 Å². The molecule has 2 aromatic rings. The van der Waals surface area contributed by atoms with Crippen molar-refractivity contribution in [3.8, 4) is 11.3 Å². The molecule has 0 radical (unpaired) electrons. The van der Waals surface area contributed by atoms with Crippen molar-refractivity contribution >= 4 is 5.91 Å². The van der Waals surface area contributed by atoms with E-state index in [4.69, 9.17) is 0 Å². The number of aromatic nitrogens is 2.